The number of amides is 1. The highest BCUT2D eigenvalue weighted by Crippen LogP contribution is 2.18. The van der Waals surface area contributed by atoms with E-state index in [1.54, 1.807) is 24.5 Å². The Hall–Kier alpha value is -2.97. The first-order chi connectivity index (χ1) is 11.9. The number of sulfonamides is 1. The quantitative estimate of drug-likeness (QED) is 0.646. The van der Waals surface area contributed by atoms with Crippen molar-refractivity contribution in [2.75, 3.05) is 17.2 Å². The van der Waals surface area contributed by atoms with E-state index in [9.17, 15) is 13.2 Å². The molecule has 3 rings (SSSR count). The number of benzene rings is 2. The number of carbonyl (C=O) groups excluding carboxylic acids is 1. The van der Waals surface area contributed by atoms with Gasteiger partial charge in [0.15, 0.2) is 0 Å². The molecule has 0 atom stereocenters. The third kappa shape index (κ3) is 4.31. The maximum atomic E-state index is 12.0. The van der Waals surface area contributed by atoms with E-state index in [0.717, 1.165) is 10.8 Å². The van der Waals surface area contributed by atoms with Crippen LogP contribution in [0.15, 0.2) is 65.8 Å². The molecule has 0 saturated heterocycles. The van der Waals surface area contributed by atoms with Gasteiger partial charge in [0, 0.05) is 29.2 Å². The van der Waals surface area contributed by atoms with Crippen LogP contribution < -0.4 is 15.8 Å². The van der Waals surface area contributed by atoms with Crippen molar-refractivity contribution >= 4 is 38.1 Å². The van der Waals surface area contributed by atoms with Gasteiger partial charge in [-0.05, 0) is 47.9 Å². The number of aromatic nitrogens is 1. The van der Waals surface area contributed by atoms with Gasteiger partial charge in [0.05, 0.1) is 11.4 Å². The van der Waals surface area contributed by atoms with Crippen LogP contribution in [0.2, 0.25) is 0 Å². The van der Waals surface area contributed by atoms with Gasteiger partial charge >= 0.3 is 0 Å². The molecule has 0 unspecified atom stereocenters. The summed E-state index contributed by atoms with van der Waals surface area (Å²) in [5.41, 5.74) is 1.31. The number of hydrogen-bond donors (Lipinski definition) is 3. The first kappa shape index (κ1) is 16.9. The molecule has 0 radical (unpaired) electrons. The Balaban J connectivity index is 1.60. The van der Waals surface area contributed by atoms with Crippen molar-refractivity contribution in [3.05, 3.63) is 60.9 Å². The van der Waals surface area contributed by atoms with E-state index in [-0.39, 0.29) is 17.3 Å². The lowest BCUT2D eigenvalue weighted by molar-refractivity contribution is -0.114. The molecule has 0 aliphatic heterocycles. The van der Waals surface area contributed by atoms with Crippen molar-refractivity contribution in [3.63, 3.8) is 0 Å². The number of primary sulfonamides is 1. The smallest absolute Gasteiger partial charge is 0.243 e. The second-order valence-electron chi connectivity index (χ2n) is 5.41. The minimum absolute atomic E-state index is 0.0214. The van der Waals surface area contributed by atoms with Gasteiger partial charge in [-0.1, -0.05) is 6.07 Å². The van der Waals surface area contributed by atoms with Crippen LogP contribution in [0, 0.1) is 0 Å². The van der Waals surface area contributed by atoms with Crippen molar-refractivity contribution in [3.8, 4) is 0 Å². The van der Waals surface area contributed by atoms with E-state index in [0.29, 0.717) is 11.4 Å². The first-order valence-corrected chi connectivity index (χ1v) is 8.97. The Morgan fingerprint density at radius 3 is 2.44 bits per heavy atom. The maximum absolute atomic E-state index is 12.0. The van der Waals surface area contributed by atoms with Gasteiger partial charge in [0.25, 0.3) is 0 Å². The Kier molecular flexibility index (Phi) is 4.64. The molecule has 4 N–H and O–H groups in total. The lowest BCUT2D eigenvalue weighted by Gasteiger charge is -2.09. The molecule has 0 aliphatic rings. The van der Waals surface area contributed by atoms with E-state index in [2.05, 4.69) is 15.6 Å². The normalized spacial score (nSPS) is 11.2. The molecule has 8 heteroatoms. The van der Waals surface area contributed by atoms with Crippen LogP contribution in [-0.4, -0.2) is 25.9 Å². The predicted molar refractivity (Wildman–Crippen MR) is 96.7 cm³/mol. The van der Waals surface area contributed by atoms with E-state index >= 15 is 0 Å². The van der Waals surface area contributed by atoms with Crippen LogP contribution in [-0.2, 0) is 14.8 Å². The molecule has 25 heavy (non-hydrogen) atoms. The topological polar surface area (TPSA) is 114 Å². The summed E-state index contributed by atoms with van der Waals surface area (Å²) in [5, 5.41) is 12.7. The molecule has 1 heterocycles. The van der Waals surface area contributed by atoms with Crippen molar-refractivity contribution in [1.82, 2.24) is 4.98 Å². The second kappa shape index (κ2) is 6.88. The standard InChI is InChI=1S/C17H16N4O3S/c18-25(23,24)16-5-3-14(4-6-16)20-11-17(22)21-15-2-1-13-10-19-8-7-12(13)9-15/h1-10,20H,11H2,(H,21,22)(H2,18,23,24). The van der Waals surface area contributed by atoms with Crippen LogP contribution in [0.4, 0.5) is 11.4 Å². The van der Waals surface area contributed by atoms with E-state index in [4.69, 9.17) is 5.14 Å². The van der Waals surface area contributed by atoms with Gasteiger partial charge in [0.1, 0.15) is 0 Å². The first-order valence-electron chi connectivity index (χ1n) is 7.42. The maximum Gasteiger partial charge on any atom is 0.243 e. The van der Waals surface area contributed by atoms with Crippen molar-refractivity contribution in [2.45, 2.75) is 4.90 Å². The molecule has 7 nitrogen and oxygen atoms in total. The molecule has 0 bridgehead atoms. The van der Waals surface area contributed by atoms with Gasteiger partial charge in [0.2, 0.25) is 15.9 Å². The molecule has 0 saturated carbocycles. The highest BCUT2D eigenvalue weighted by atomic mass is 32.2. The summed E-state index contributed by atoms with van der Waals surface area (Å²) in [5.74, 6) is -0.219. The largest absolute Gasteiger partial charge is 0.376 e. The van der Waals surface area contributed by atoms with Gasteiger partial charge in [-0.15, -0.1) is 0 Å². The van der Waals surface area contributed by atoms with Crippen LogP contribution >= 0.6 is 0 Å². The zero-order valence-corrected chi connectivity index (χ0v) is 14.0. The molecule has 2 aromatic carbocycles. The SMILES string of the molecule is NS(=O)(=O)c1ccc(NCC(=O)Nc2ccc3cnccc3c2)cc1. The number of nitrogens with two attached hydrogens (primary N) is 1. The molecule has 128 valence electrons. The minimum Gasteiger partial charge on any atom is -0.376 e. The van der Waals surface area contributed by atoms with Crippen molar-refractivity contribution in [1.29, 1.82) is 0 Å². The third-order valence-electron chi connectivity index (χ3n) is 3.56. The zero-order chi connectivity index (χ0) is 17.9. The highest BCUT2D eigenvalue weighted by molar-refractivity contribution is 7.89. The minimum atomic E-state index is -3.72. The Labute approximate surface area is 144 Å². The van der Waals surface area contributed by atoms with Gasteiger partial charge in [-0.2, -0.15) is 0 Å². The fourth-order valence-corrected chi connectivity index (χ4v) is 2.83. The van der Waals surface area contributed by atoms with Crippen molar-refractivity contribution in [2.24, 2.45) is 5.14 Å². The molecule has 0 aliphatic carbocycles. The molecular formula is C17H16N4O3S. The number of carbonyl (C=O) groups is 1. The summed E-state index contributed by atoms with van der Waals surface area (Å²) in [6, 6.07) is 13.3. The number of nitrogens with one attached hydrogen (secondary N) is 2. The Bertz CT molecular complexity index is 1020. The summed E-state index contributed by atoms with van der Waals surface area (Å²) < 4.78 is 22.4. The monoisotopic (exact) mass is 356 g/mol. The van der Waals surface area contributed by atoms with Crippen LogP contribution in [0.3, 0.4) is 0 Å². The summed E-state index contributed by atoms with van der Waals surface area (Å²) in [6.45, 7) is 0.0447. The predicted octanol–water partition coefficient (Wildman–Crippen LogP) is 1.93. The Morgan fingerprint density at radius 2 is 1.72 bits per heavy atom. The molecule has 0 fully saturated rings. The third-order valence-corrected chi connectivity index (χ3v) is 4.49. The van der Waals surface area contributed by atoms with E-state index in [1.165, 1.54) is 12.1 Å². The molecule has 1 amide bonds. The molecule has 1 aromatic heterocycles. The average molecular weight is 356 g/mol. The Morgan fingerprint density at radius 1 is 1.00 bits per heavy atom. The average Bonchev–Trinajstić information content (AvgIpc) is 2.59. The van der Waals surface area contributed by atoms with Gasteiger partial charge in [-0.25, -0.2) is 13.6 Å². The summed E-state index contributed by atoms with van der Waals surface area (Å²) in [7, 11) is -3.72. The fourth-order valence-electron chi connectivity index (χ4n) is 2.31. The number of pyridine rings is 1. The second-order valence-corrected chi connectivity index (χ2v) is 6.97. The lowest BCUT2D eigenvalue weighted by Crippen LogP contribution is -2.21. The number of rotatable bonds is 5. The summed E-state index contributed by atoms with van der Waals surface area (Å²) in [6.07, 6.45) is 3.45. The fraction of sp³-hybridized carbons (Fsp3) is 0.0588. The molecule has 3 aromatic rings. The number of fused-ring (bicyclic) bond motifs is 1. The molecular weight excluding hydrogens is 340 g/mol. The van der Waals surface area contributed by atoms with Gasteiger partial charge in [-0.3, -0.25) is 9.78 Å². The van der Waals surface area contributed by atoms with Crippen LogP contribution in [0.25, 0.3) is 10.8 Å². The summed E-state index contributed by atoms with van der Waals surface area (Å²) >= 11 is 0. The van der Waals surface area contributed by atoms with Gasteiger partial charge < -0.3 is 10.6 Å². The van der Waals surface area contributed by atoms with E-state index < -0.39 is 10.0 Å². The lowest BCUT2D eigenvalue weighted by atomic mass is 10.1. The highest BCUT2D eigenvalue weighted by Gasteiger charge is 2.07. The zero-order valence-electron chi connectivity index (χ0n) is 13.1. The van der Waals surface area contributed by atoms with Crippen LogP contribution in [0.5, 0.6) is 0 Å². The van der Waals surface area contributed by atoms with E-state index in [1.807, 2.05) is 24.3 Å². The van der Waals surface area contributed by atoms with Crippen molar-refractivity contribution < 1.29 is 13.2 Å². The molecule has 0 spiro atoms. The summed E-state index contributed by atoms with van der Waals surface area (Å²) in [4.78, 5) is 16.1. The number of nitrogens with zero attached hydrogens (tertiary/aromatic N) is 1. The number of hydrogen-bond acceptors (Lipinski definition) is 5. The number of anilines is 2. The van der Waals surface area contributed by atoms with Crippen LogP contribution in [0.1, 0.15) is 0 Å².